The molecule has 4 rings (SSSR count). The first-order valence-corrected chi connectivity index (χ1v) is 9.65. The smallest absolute Gasteiger partial charge is 0.251 e. The number of carbonyl (C=O) groups excluding carboxylic acids is 1. The van der Waals surface area contributed by atoms with Crippen molar-refractivity contribution < 1.29 is 9.18 Å². The standard InChI is InChI=1S/C24H22FN3O/c1-17-8-2-4-10-19(17)24(29)26-15-14-23-27-21-12-6-7-13-22(21)28(23)16-18-9-3-5-11-20(18)25/h2-13H,14-16H2,1H3,(H,26,29). The van der Waals surface area contributed by atoms with Crippen LogP contribution in [0.4, 0.5) is 4.39 Å². The van der Waals surface area contributed by atoms with Gasteiger partial charge in [0.15, 0.2) is 0 Å². The second-order valence-electron chi connectivity index (χ2n) is 7.02. The maximum Gasteiger partial charge on any atom is 0.251 e. The number of nitrogens with one attached hydrogen (secondary N) is 1. The molecule has 1 N–H and O–H groups in total. The van der Waals surface area contributed by atoms with Crippen LogP contribution in [0.3, 0.4) is 0 Å². The largest absolute Gasteiger partial charge is 0.352 e. The van der Waals surface area contributed by atoms with Gasteiger partial charge in [0.25, 0.3) is 5.91 Å². The summed E-state index contributed by atoms with van der Waals surface area (Å²) in [5.41, 5.74) is 4.05. The van der Waals surface area contributed by atoms with E-state index in [4.69, 9.17) is 4.98 Å². The number of hydrogen-bond acceptors (Lipinski definition) is 2. The molecule has 0 bridgehead atoms. The Hall–Kier alpha value is -3.47. The average Bonchev–Trinajstić information content (AvgIpc) is 3.07. The molecule has 0 aliphatic rings. The number of aryl methyl sites for hydroxylation is 1. The van der Waals surface area contributed by atoms with E-state index in [1.807, 2.05) is 66.1 Å². The molecule has 0 aliphatic heterocycles. The Kier molecular flexibility index (Phi) is 5.38. The van der Waals surface area contributed by atoms with Crippen LogP contribution in [0.2, 0.25) is 0 Å². The summed E-state index contributed by atoms with van der Waals surface area (Å²) in [7, 11) is 0. The number of hydrogen-bond donors (Lipinski definition) is 1. The van der Waals surface area contributed by atoms with E-state index < -0.39 is 0 Å². The minimum atomic E-state index is -0.232. The molecule has 1 aromatic heterocycles. The van der Waals surface area contributed by atoms with Gasteiger partial charge in [-0.3, -0.25) is 4.79 Å². The first-order chi connectivity index (χ1) is 14.1. The molecule has 4 nitrogen and oxygen atoms in total. The van der Waals surface area contributed by atoms with Crippen molar-refractivity contribution in [1.29, 1.82) is 0 Å². The SMILES string of the molecule is Cc1ccccc1C(=O)NCCc1nc2ccccc2n1Cc1ccccc1F. The number of para-hydroxylation sites is 2. The van der Waals surface area contributed by atoms with Crippen LogP contribution in [0.25, 0.3) is 11.0 Å². The van der Waals surface area contributed by atoms with Crippen LogP contribution in [0.1, 0.15) is 27.3 Å². The number of benzene rings is 3. The first-order valence-electron chi connectivity index (χ1n) is 9.65. The van der Waals surface area contributed by atoms with Gasteiger partial charge in [0.1, 0.15) is 11.6 Å². The highest BCUT2D eigenvalue weighted by molar-refractivity contribution is 5.95. The minimum absolute atomic E-state index is 0.0973. The summed E-state index contributed by atoms with van der Waals surface area (Å²) < 4.78 is 16.2. The summed E-state index contributed by atoms with van der Waals surface area (Å²) >= 11 is 0. The van der Waals surface area contributed by atoms with Crippen molar-refractivity contribution in [3.05, 3.63) is 101 Å². The number of amides is 1. The van der Waals surface area contributed by atoms with Crippen LogP contribution < -0.4 is 5.32 Å². The highest BCUT2D eigenvalue weighted by atomic mass is 19.1. The van der Waals surface area contributed by atoms with E-state index in [1.165, 1.54) is 6.07 Å². The summed E-state index contributed by atoms with van der Waals surface area (Å²) in [6, 6.07) is 22.1. The lowest BCUT2D eigenvalue weighted by Crippen LogP contribution is -2.27. The summed E-state index contributed by atoms with van der Waals surface area (Å²) in [6.45, 7) is 2.77. The van der Waals surface area contributed by atoms with Crippen LogP contribution in [-0.2, 0) is 13.0 Å². The van der Waals surface area contributed by atoms with Gasteiger partial charge in [0.05, 0.1) is 17.6 Å². The predicted octanol–water partition coefficient (Wildman–Crippen LogP) is 4.50. The molecule has 0 saturated heterocycles. The molecule has 5 heteroatoms. The molecule has 4 aromatic rings. The Bertz CT molecular complexity index is 1170. The van der Waals surface area contributed by atoms with E-state index in [0.29, 0.717) is 30.6 Å². The second-order valence-corrected chi connectivity index (χ2v) is 7.02. The number of imidazole rings is 1. The number of halogens is 1. The lowest BCUT2D eigenvalue weighted by molar-refractivity contribution is 0.0953. The second kappa shape index (κ2) is 8.27. The third-order valence-electron chi connectivity index (χ3n) is 5.04. The lowest BCUT2D eigenvalue weighted by Gasteiger charge is -2.11. The first kappa shape index (κ1) is 18.9. The number of nitrogens with zero attached hydrogens (tertiary/aromatic N) is 2. The topological polar surface area (TPSA) is 46.9 Å². The molecule has 1 heterocycles. The van der Waals surface area contributed by atoms with E-state index in [2.05, 4.69) is 5.32 Å². The van der Waals surface area contributed by atoms with Crippen LogP contribution >= 0.6 is 0 Å². The molecule has 146 valence electrons. The molecule has 3 aromatic carbocycles. The van der Waals surface area contributed by atoms with E-state index >= 15 is 0 Å². The molecule has 1 amide bonds. The van der Waals surface area contributed by atoms with Gasteiger partial charge in [0, 0.05) is 24.1 Å². The zero-order valence-electron chi connectivity index (χ0n) is 16.2. The van der Waals surface area contributed by atoms with Crippen molar-refractivity contribution in [2.75, 3.05) is 6.54 Å². The van der Waals surface area contributed by atoms with Crippen LogP contribution in [0, 0.1) is 12.7 Å². The Labute approximate surface area is 169 Å². The Morgan fingerprint density at radius 2 is 1.72 bits per heavy atom. The van der Waals surface area contributed by atoms with E-state index in [9.17, 15) is 9.18 Å². The molecule has 29 heavy (non-hydrogen) atoms. The zero-order chi connectivity index (χ0) is 20.2. The molecule has 0 fully saturated rings. The summed E-state index contributed by atoms with van der Waals surface area (Å²) in [4.78, 5) is 17.2. The highest BCUT2D eigenvalue weighted by Gasteiger charge is 2.13. The Balaban J connectivity index is 1.55. The van der Waals surface area contributed by atoms with Gasteiger partial charge in [-0.1, -0.05) is 48.5 Å². The molecule has 0 aliphatic carbocycles. The molecule has 0 atom stereocenters. The zero-order valence-corrected chi connectivity index (χ0v) is 16.2. The van der Waals surface area contributed by atoms with Gasteiger partial charge >= 0.3 is 0 Å². The van der Waals surface area contributed by atoms with Gasteiger partial charge in [-0.05, 0) is 36.8 Å². The Morgan fingerprint density at radius 3 is 2.55 bits per heavy atom. The fourth-order valence-corrected chi connectivity index (χ4v) is 3.50. The molecule has 0 saturated carbocycles. The van der Waals surface area contributed by atoms with Crippen LogP contribution in [-0.4, -0.2) is 22.0 Å². The van der Waals surface area contributed by atoms with Gasteiger partial charge in [-0.25, -0.2) is 9.37 Å². The van der Waals surface area contributed by atoms with Crippen molar-refractivity contribution >= 4 is 16.9 Å². The van der Waals surface area contributed by atoms with Gasteiger partial charge in [-0.15, -0.1) is 0 Å². The van der Waals surface area contributed by atoms with Gasteiger partial charge < -0.3 is 9.88 Å². The lowest BCUT2D eigenvalue weighted by atomic mass is 10.1. The normalized spacial score (nSPS) is 11.0. The van der Waals surface area contributed by atoms with Crippen molar-refractivity contribution in [3.63, 3.8) is 0 Å². The molecular weight excluding hydrogens is 365 g/mol. The monoisotopic (exact) mass is 387 g/mol. The van der Waals surface area contributed by atoms with Crippen molar-refractivity contribution in [1.82, 2.24) is 14.9 Å². The average molecular weight is 387 g/mol. The molecule has 0 unspecified atom stereocenters. The van der Waals surface area contributed by atoms with Crippen LogP contribution in [0.15, 0.2) is 72.8 Å². The van der Waals surface area contributed by atoms with Crippen molar-refractivity contribution in [2.45, 2.75) is 19.9 Å². The number of fused-ring (bicyclic) bond motifs is 1. The molecule has 0 radical (unpaired) electrons. The highest BCUT2D eigenvalue weighted by Crippen LogP contribution is 2.19. The number of aromatic nitrogens is 2. The maximum atomic E-state index is 14.2. The van der Waals surface area contributed by atoms with Gasteiger partial charge in [-0.2, -0.15) is 0 Å². The maximum absolute atomic E-state index is 14.2. The summed E-state index contributed by atoms with van der Waals surface area (Å²) in [6.07, 6.45) is 0.556. The molecular formula is C24H22FN3O. The summed E-state index contributed by atoms with van der Waals surface area (Å²) in [5.74, 6) is 0.489. The molecule has 0 spiro atoms. The fourth-order valence-electron chi connectivity index (χ4n) is 3.50. The minimum Gasteiger partial charge on any atom is -0.352 e. The third-order valence-corrected chi connectivity index (χ3v) is 5.04. The van der Waals surface area contributed by atoms with E-state index in [1.54, 1.807) is 12.1 Å². The number of rotatable bonds is 6. The van der Waals surface area contributed by atoms with E-state index in [0.717, 1.165) is 22.4 Å². The predicted molar refractivity (Wildman–Crippen MR) is 112 cm³/mol. The van der Waals surface area contributed by atoms with E-state index in [-0.39, 0.29) is 11.7 Å². The Morgan fingerprint density at radius 1 is 1.00 bits per heavy atom. The van der Waals surface area contributed by atoms with Crippen LogP contribution in [0.5, 0.6) is 0 Å². The van der Waals surface area contributed by atoms with Crippen molar-refractivity contribution in [2.24, 2.45) is 0 Å². The third kappa shape index (κ3) is 4.04. The summed E-state index contributed by atoms with van der Waals surface area (Å²) in [5, 5.41) is 2.97. The fraction of sp³-hybridized carbons (Fsp3) is 0.167. The number of carbonyl (C=O) groups is 1. The quantitative estimate of drug-likeness (QED) is 0.529. The van der Waals surface area contributed by atoms with Gasteiger partial charge in [0.2, 0.25) is 0 Å². The van der Waals surface area contributed by atoms with Crippen molar-refractivity contribution in [3.8, 4) is 0 Å².